The van der Waals surface area contributed by atoms with Crippen molar-refractivity contribution in [3.63, 3.8) is 0 Å². The highest BCUT2D eigenvalue weighted by Crippen LogP contribution is 2.64. The van der Waals surface area contributed by atoms with Crippen LogP contribution in [0.15, 0.2) is 42.5 Å². The van der Waals surface area contributed by atoms with Crippen molar-refractivity contribution in [2.45, 2.75) is 25.9 Å². The molecule has 4 nitrogen and oxygen atoms in total. The van der Waals surface area contributed by atoms with Crippen molar-refractivity contribution in [1.82, 2.24) is 0 Å². The highest BCUT2D eigenvalue weighted by molar-refractivity contribution is 7.92. The van der Waals surface area contributed by atoms with Gasteiger partial charge in [-0.25, -0.2) is 12.8 Å². The average molecular weight is 430 g/mol. The quantitative estimate of drug-likeness (QED) is 0.630. The van der Waals surface area contributed by atoms with Crippen LogP contribution >= 0.6 is 0 Å². The van der Waals surface area contributed by atoms with Gasteiger partial charge in [-0.1, -0.05) is 26.0 Å². The van der Waals surface area contributed by atoms with Gasteiger partial charge in [-0.15, -0.1) is 0 Å². The van der Waals surface area contributed by atoms with Gasteiger partial charge in [-0.2, -0.15) is 13.2 Å². The molecule has 0 aromatic heterocycles. The molecule has 158 valence electrons. The first-order valence-electron chi connectivity index (χ1n) is 8.97. The predicted octanol–water partition coefficient (Wildman–Crippen LogP) is 5.07. The molecule has 3 rings (SSSR count). The van der Waals surface area contributed by atoms with E-state index in [0.717, 1.165) is 24.0 Å². The zero-order valence-corrected chi connectivity index (χ0v) is 17.0. The van der Waals surface area contributed by atoms with Crippen LogP contribution < -0.4 is 10.0 Å². The number of hydrogen-bond acceptors (Lipinski definition) is 3. The molecule has 1 aliphatic rings. The lowest BCUT2D eigenvalue weighted by Gasteiger charge is -2.15. The van der Waals surface area contributed by atoms with Gasteiger partial charge in [-0.05, 0) is 53.1 Å². The lowest BCUT2D eigenvalue weighted by molar-refractivity contribution is -0.137. The number of alkyl halides is 3. The minimum Gasteiger partial charge on any atom is -0.384 e. The Kier molecular flexibility index (Phi) is 5.31. The maximum absolute atomic E-state index is 13.3. The summed E-state index contributed by atoms with van der Waals surface area (Å²) in [4.78, 5) is 0. The van der Waals surface area contributed by atoms with Crippen molar-refractivity contribution >= 4 is 21.4 Å². The largest absolute Gasteiger partial charge is 0.418 e. The summed E-state index contributed by atoms with van der Waals surface area (Å²) >= 11 is 0. The summed E-state index contributed by atoms with van der Waals surface area (Å²) in [5, 5.41) is 2.83. The van der Waals surface area contributed by atoms with Crippen LogP contribution in [0.3, 0.4) is 0 Å². The Morgan fingerprint density at radius 2 is 1.69 bits per heavy atom. The van der Waals surface area contributed by atoms with Gasteiger partial charge in [0.15, 0.2) is 0 Å². The molecule has 2 N–H and O–H groups in total. The van der Waals surface area contributed by atoms with E-state index in [2.05, 4.69) is 10.0 Å². The summed E-state index contributed by atoms with van der Waals surface area (Å²) in [6.07, 6.45) is -3.58. The van der Waals surface area contributed by atoms with Crippen molar-refractivity contribution in [1.29, 1.82) is 0 Å². The summed E-state index contributed by atoms with van der Waals surface area (Å²) in [5.41, 5.74) is 0.121. The molecular formula is C20H22F4N2O2S. The summed E-state index contributed by atoms with van der Waals surface area (Å²) in [6.45, 7) is 4.36. The monoisotopic (exact) mass is 430 g/mol. The molecule has 0 heterocycles. The van der Waals surface area contributed by atoms with Crippen LogP contribution in [-0.2, 0) is 16.2 Å². The summed E-state index contributed by atoms with van der Waals surface area (Å²) < 4.78 is 77.7. The van der Waals surface area contributed by atoms with E-state index in [9.17, 15) is 26.0 Å². The van der Waals surface area contributed by atoms with Crippen LogP contribution in [0.25, 0.3) is 0 Å². The smallest absolute Gasteiger partial charge is 0.384 e. The van der Waals surface area contributed by atoms with E-state index in [0.29, 0.717) is 18.3 Å². The number of nitrogens with one attached hydrogen (secondary N) is 2. The zero-order valence-electron chi connectivity index (χ0n) is 16.1. The number of benzene rings is 2. The van der Waals surface area contributed by atoms with Crippen LogP contribution in [0.2, 0.25) is 0 Å². The molecule has 1 aliphatic carbocycles. The van der Waals surface area contributed by atoms with Crippen LogP contribution in [0.5, 0.6) is 0 Å². The van der Waals surface area contributed by atoms with Gasteiger partial charge in [-0.3, -0.25) is 4.72 Å². The maximum atomic E-state index is 13.3. The molecule has 0 spiro atoms. The van der Waals surface area contributed by atoms with Gasteiger partial charge in [0.1, 0.15) is 5.82 Å². The van der Waals surface area contributed by atoms with E-state index in [1.165, 1.54) is 0 Å². The van der Waals surface area contributed by atoms with Gasteiger partial charge >= 0.3 is 6.18 Å². The molecular weight excluding hydrogens is 408 g/mol. The molecule has 0 radical (unpaired) electrons. The first kappa shape index (κ1) is 21.4. The standard InChI is InChI=1S/C20H22F4N2O2S/c1-19(2)16(11-25-17-9-6-13(21)10-15(17)20(22,23)24)18(19)12-4-7-14(8-5-12)26-29(3,27)28/h4-10,16,18,25-26H,11H2,1-3H3. The van der Waals surface area contributed by atoms with Gasteiger partial charge in [0.05, 0.1) is 11.8 Å². The van der Waals surface area contributed by atoms with Crippen molar-refractivity contribution < 1.29 is 26.0 Å². The fourth-order valence-electron chi connectivity index (χ4n) is 3.88. The third-order valence-electron chi connectivity index (χ3n) is 5.42. The van der Waals surface area contributed by atoms with E-state index >= 15 is 0 Å². The van der Waals surface area contributed by atoms with Crippen LogP contribution in [0.1, 0.15) is 30.9 Å². The highest BCUT2D eigenvalue weighted by Gasteiger charge is 2.57. The van der Waals surface area contributed by atoms with Crippen LogP contribution in [0.4, 0.5) is 28.9 Å². The number of sulfonamides is 1. The fraction of sp³-hybridized carbons (Fsp3) is 0.400. The maximum Gasteiger partial charge on any atom is 0.418 e. The van der Waals surface area contributed by atoms with Crippen molar-refractivity contribution in [3.05, 3.63) is 59.4 Å². The summed E-state index contributed by atoms with van der Waals surface area (Å²) in [5.74, 6) is -0.755. The lowest BCUT2D eigenvalue weighted by atomic mass is 10.0. The van der Waals surface area contributed by atoms with Crippen LogP contribution in [-0.4, -0.2) is 21.2 Å². The molecule has 0 saturated heterocycles. The molecule has 1 saturated carbocycles. The first-order chi connectivity index (χ1) is 13.3. The van der Waals surface area contributed by atoms with E-state index in [4.69, 9.17) is 0 Å². The molecule has 9 heteroatoms. The number of halogens is 4. The first-order valence-corrected chi connectivity index (χ1v) is 10.9. The van der Waals surface area contributed by atoms with Crippen molar-refractivity contribution in [2.75, 3.05) is 22.8 Å². The van der Waals surface area contributed by atoms with Crippen LogP contribution in [0, 0.1) is 17.2 Å². The second-order valence-corrected chi connectivity index (χ2v) is 9.72. The predicted molar refractivity (Wildman–Crippen MR) is 105 cm³/mol. The number of hydrogen-bond donors (Lipinski definition) is 2. The molecule has 2 aromatic rings. The molecule has 1 fully saturated rings. The molecule has 2 aromatic carbocycles. The van der Waals surface area contributed by atoms with Gasteiger partial charge < -0.3 is 5.32 Å². The second kappa shape index (κ2) is 7.19. The summed E-state index contributed by atoms with van der Waals surface area (Å²) in [6, 6.07) is 9.56. The second-order valence-electron chi connectivity index (χ2n) is 7.97. The Bertz CT molecular complexity index is 1000. The Morgan fingerprint density at radius 1 is 1.07 bits per heavy atom. The van der Waals surface area contributed by atoms with Gasteiger partial charge in [0.2, 0.25) is 10.0 Å². The van der Waals surface area contributed by atoms with E-state index in [1.54, 1.807) is 12.1 Å². The molecule has 2 atom stereocenters. The molecule has 0 bridgehead atoms. The molecule has 29 heavy (non-hydrogen) atoms. The SMILES string of the molecule is CC1(C)C(CNc2ccc(F)cc2C(F)(F)F)C1c1ccc(NS(C)(=O)=O)cc1. The normalized spacial score (nSPS) is 20.9. The third-order valence-corrected chi connectivity index (χ3v) is 6.03. The minimum absolute atomic E-state index is 0.0716. The Labute approximate surface area is 167 Å². The number of anilines is 2. The minimum atomic E-state index is -4.65. The van der Waals surface area contributed by atoms with E-state index in [1.807, 2.05) is 26.0 Å². The van der Waals surface area contributed by atoms with Gasteiger partial charge in [0, 0.05) is 17.9 Å². The summed E-state index contributed by atoms with van der Waals surface area (Å²) in [7, 11) is -3.37. The molecule has 0 amide bonds. The molecule has 2 unspecified atom stereocenters. The van der Waals surface area contributed by atoms with E-state index < -0.39 is 27.6 Å². The highest BCUT2D eigenvalue weighted by atomic mass is 32.2. The Morgan fingerprint density at radius 3 is 2.24 bits per heavy atom. The zero-order chi connectivity index (χ0) is 21.6. The van der Waals surface area contributed by atoms with Gasteiger partial charge in [0.25, 0.3) is 0 Å². The average Bonchev–Trinajstić information content (AvgIpc) is 3.13. The Hall–Kier alpha value is -2.29. The Balaban J connectivity index is 1.72. The third kappa shape index (κ3) is 4.83. The van der Waals surface area contributed by atoms with Crippen molar-refractivity contribution in [3.8, 4) is 0 Å². The molecule has 0 aliphatic heterocycles. The van der Waals surface area contributed by atoms with E-state index in [-0.39, 0.29) is 22.9 Å². The lowest BCUT2D eigenvalue weighted by Crippen LogP contribution is -2.14. The topological polar surface area (TPSA) is 58.2 Å². The van der Waals surface area contributed by atoms with Crippen molar-refractivity contribution in [2.24, 2.45) is 11.3 Å². The number of rotatable bonds is 6. The fourth-order valence-corrected chi connectivity index (χ4v) is 4.45.